The van der Waals surface area contributed by atoms with Gasteiger partial charge in [-0.2, -0.15) is 0 Å². The zero-order valence-electron chi connectivity index (χ0n) is 10.1. The van der Waals surface area contributed by atoms with E-state index in [2.05, 4.69) is 11.5 Å². The second kappa shape index (κ2) is 3.88. The van der Waals surface area contributed by atoms with Gasteiger partial charge in [-0.25, -0.2) is 4.98 Å². The summed E-state index contributed by atoms with van der Waals surface area (Å²) in [7, 11) is 0. The smallest absolute Gasteiger partial charge is 0.112 e. The lowest BCUT2D eigenvalue weighted by Gasteiger charge is -2.25. The molecule has 3 heteroatoms. The number of aryl methyl sites for hydroxylation is 1. The molecular weight excluding hydrogens is 198 g/mol. The molecule has 88 valence electrons. The first-order chi connectivity index (χ1) is 7.81. The van der Waals surface area contributed by atoms with E-state index in [1.54, 1.807) is 0 Å². The summed E-state index contributed by atoms with van der Waals surface area (Å²) in [6, 6.07) is 0. The van der Waals surface area contributed by atoms with E-state index in [1.165, 1.54) is 49.4 Å². The van der Waals surface area contributed by atoms with Gasteiger partial charge in [-0.05, 0) is 45.6 Å². The maximum absolute atomic E-state index is 5.72. The molecular formula is C13H21N3. The lowest BCUT2D eigenvalue weighted by molar-refractivity contribution is 0.429. The molecule has 0 aromatic carbocycles. The second-order valence-corrected chi connectivity index (χ2v) is 5.28. The minimum atomic E-state index is 0.666. The van der Waals surface area contributed by atoms with Gasteiger partial charge in [0.2, 0.25) is 0 Å². The Labute approximate surface area is 97.0 Å². The van der Waals surface area contributed by atoms with Crippen LogP contribution in [-0.2, 0) is 6.54 Å². The summed E-state index contributed by atoms with van der Waals surface area (Å²) in [6.07, 6.45) is 6.41. The molecule has 3 rings (SSSR count). The van der Waals surface area contributed by atoms with Gasteiger partial charge in [0.25, 0.3) is 0 Å². The van der Waals surface area contributed by atoms with Crippen LogP contribution in [0.1, 0.15) is 61.2 Å². The SMILES string of the molecule is Cc1nc(C2CC2)n2c1C(CCN)CCC2. The average molecular weight is 219 g/mol. The fraction of sp³-hybridized carbons (Fsp3) is 0.769. The third-order valence-corrected chi connectivity index (χ3v) is 4.00. The Hall–Kier alpha value is -0.830. The monoisotopic (exact) mass is 219 g/mol. The molecule has 2 heterocycles. The van der Waals surface area contributed by atoms with E-state index in [0.29, 0.717) is 5.92 Å². The normalized spacial score (nSPS) is 24.5. The van der Waals surface area contributed by atoms with Gasteiger partial charge in [-0.1, -0.05) is 0 Å². The summed E-state index contributed by atoms with van der Waals surface area (Å²) in [5.41, 5.74) is 8.48. The van der Waals surface area contributed by atoms with Crippen LogP contribution in [0.3, 0.4) is 0 Å². The van der Waals surface area contributed by atoms with E-state index in [9.17, 15) is 0 Å². The molecule has 1 aromatic rings. The molecule has 2 N–H and O–H groups in total. The number of hydrogen-bond donors (Lipinski definition) is 1. The molecule has 1 atom stereocenters. The number of imidazole rings is 1. The van der Waals surface area contributed by atoms with Gasteiger partial charge in [0.15, 0.2) is 0 Å². The third-order valence-electron chi connectivity index (χ3n) is 4.00. The highest BCUT2D eigenvalue weighted by Gasteiger charge is 2.33. The van der Waals surface area contributed by atoms with Gasteiger partial charge in [0, 0.05) is 24.1 Å². The molecule has 0 saturated heterocycles. The minimum absolute atomic E-state index is 0.666. The van der Waals surface area contributed by atoms with E-state index in [1.807, 2.05) is 0 Å². The van der Waals surface area contributed by atoms with Crippen LogP contribution in [0.15, 0.2) is 0 Å². The Morgan fingerprint density at radius 2 is 2.19 bits per heavy atom. The molecule has 0 bridgehead atoms. The molecule has 1 aliphatic heterocycles. The van der Waals surface area contributed by atoms with Crippen LogP contribution in [0.25, 0.3) is 0 Å². The van der Waals surface area contributed by atoms with Crippen molar-refractivity contribution in [1.29, 1.82) is 0 Å². The molecule has 1 aliphatic carbocycles. The number of fused-ring (bicyclic) bond motifs is 1. The van der Waals surface area contributed by atoms with Crippen molar-refractivity contribution in [3.05, 3.63) is 17.2 Å². The highest BCUT2D eigenvalue weighted by Crippen LogP contribution is 2.43. The predicted octanol–water partition coefficient (Wildman–Crippen LogP) is 2.30. The van der Waals surface area contributed by atoms with Crippen molar-refractivity contribution in [2.45, 2.75) is 57.4 Å². The average Bonchev–Trinajstić information content (AvgIpc) is 3.05. The van der Waals surface area contributed by atoms with Crippen molar-refractivity contribution in [2.24, 2.45) is 5.73 Å². The quantitative estimate of drug-likeness (QED) is 0.847. The van der Waals surface area contributed by atoms with Gasteiger partial charge in [-0.15, -0.1) is 0 Å². The molecule has 3 nitrogen and oxygen atoms in total. The number of aromatic nitrogens is 2. The van der Waals surface area contributed by atoms with E-state index in [-0.39, 0.29) is 0 Å². The molecule has 0 spiro atoms. The molecule has 0 amide bonds. The van der Waals surface area contributed by atoms with Gasteiger partial charge in [0.1, 0.15) is 5.82 Å². The van der Waals surface area contributed by atoms with Crippen molar-refractivity contribution >= 4 is 0 Å². The Balaban J connectivity index is 1.99. The topological polar surface area (TPSA) is 43.8 Å². The summed E-state index contributed by atoms with van der Waals surface area (Å²) < 4.78 is 2.51. The highest BCUT2D eigenvalue weighted by molar-refractivity contribution is 5.25. The number of nitrogens with two attached hydrogens (primary N) is 1. The van der Waals surface area contributed by atoms with E-state index >= 15 is 0 Å². The van der Waals surface area contributed by atoms with Gasteiger partial charge in [0.05, 0.1) is 5.69 Å². The first kappa shape index (κ1) is 10.3. The molecule has 16 heavy (non-hydrogen) atoms. The summed E-state index contributed by atoms with van der Waals surface area (Å²) in [5.74, 6) is 2.80. The lowest BCUT2D eigenvalue weighted by Crippen LogP contribution is -2.19. The van der Waals surface area contributed by atoms with Crippen LogP contribution < -0.4 is 5.73 Å². The van der Waals surface area contributed by atoms with Crippen LogP contribution >= 0.6 is 0 Å². The van der Waals surface area contributed by atoms with Crippen molar-refractivity contribution < 1.29 is 0 Å². The van der Waals surface area contributed by atoms with Crippen LogP contribution in [0.4, 0.5) is 0 Å². The molecule has 0 radical (unpaired) electrons. The Morgan fingerprint density at radius 1 is 1.38 bits per heavy atom. The van der Waals surface area contributed by atoms with Crippen molar-refractivity contribution in [2.75, 3.05) is 6.54 Å². The molecule has 1 saturated carbocycles. The zero-order valence-corrected chi connectivity index (χ0v) is 10.1. The predicted molar refractivity (Wildman–Crippen MR) is 64.6 cm³/mol. The van der Waals surface area contributed by atoms with Crippen LogP contribution in [0, 0.1) is 6.92 Å². The highest BCUT2D eigenvalue weighted by atomic mass is 15.1. The Morgan fingerprint density at radius 3 is 2.88 bits per heavy atom. The Kier molecular flexibility index (Phi) is 2.51. The van der Waals surface area contributed by atoms with Crippen LogP contribution in [0.2, 0.25) is 0 Å². The lowest BCUT2D eigenvalue weighted by atomic mass is 9.91. The maximum atomic E-state index is 5.72. The Bertz CT molecular complexity index is 390. The van der Waals surface area contributed by atoms with E-state index in [0.717, 1.165) is 18.9 Å². The van der Waals surface area contributed by atoms with E-state index < -0.39 is 0 Å². The summed E-state index contributed by atoms with van der Waals surface area (Å²) in [5, 5.41) is 0. The maximum Gasteiger partial charge on any atom is 0.112 e. The zero-order chi connectivity index (χ0) is 11.1. The standard InChI is InChI=1S/C13H21N3/c1-9-12-10(6-7-14)3-2-8-16(12)13(15-9)11-4-5-11/h10-11H,2-8,14H2,1H3. The summed E-state index contributed by atoms with van der Waals surface area (Å²) >= 11 is 0. The fourth-order valence-electron chi connectivity index (χ4n) is 3.13. The van der Waals surface area contributed by atoms with Gasteiger partial charge >= 0.3 is 0 Å². The summed E-state index contributed by atoms with van der Waals surface area (Å²) in [4.78, 5) is 4.81. The van der Waals surface area contributed by atoms with Gasteiger partial charge < -0.3 is 10.3 Å². The van der Waals surface area contributed by atoms with Crippen LogP contribution in [-0.4, -0.2) is 16.1 Å². The van der Waals surface area contributed by atoms with Crippen molar-refractivity contribution in [3.8, 4) is 0 Å². The first-order valence-corrected chi connectivity index (χ1v) is 6.58. The number of nitrogens with zero attached hydrogens (tertiary/aromatic N) is 2. The number of rotatable bonds is 3. The minimum Gasteiger partial charge on any atom is -0.331 e. The van der Waals surface area contributed by atoms with Crippen LogP contribution in [0.5, 0.6) is 0 Å². The fourth-order valence-corrected chi connectivity index (χ4v) is 3.13. The number of hydrogen-bond acceptors (Lipinski definition) is 2. The molecule has 1 unspecified atom stereocenters. The molecule has 1 aromatic heterocycles. The molecule has 2 aliphatic rings. The van der Waals surface area contributed by atoms with Gasteiger partial charge in [-0.3, -0.25) is 0 Å². The largest absolute Gasteiger partial charge is 0.331 e. The summed E-state index contributed by atoms with van der Waals surface area (Å²) in [6.45, 7) is 4.16. The first-order valence-electron chi connectivity index (χ1n) is 6.58. The van der Waals surface area contributed by atoms with Crippen molar-refractivity contribution in [3.63, 3.8) is 0 Å². The third kappa shape index (κ3) is 1.58. The molecule has 1 fully saturated rings. The van der Waals surface area contributed by atoms with Crippen molar-refractivity contribution in [1.82, 2.24) is 9.55 Å². The second-order valence-electron chi connectivity index (χ2n) is 5.28. The van der Waals surface area contributed by atoms with E-state index in [4.69, 9.17) is 10.7 Å².